The fourth-order valence-electron chi connectivity index (χ4n) is 12.3. The van der Waals surface area contributed by atoms with E-state index in [1.54, 1.807) is 0 Å². The van der Waals surface area contributed by atoms with E-state index in [9.17, 15) is 0 Å². The van der Waals surface area contributed by atoms with Gasteiger partial charge in [0.15, 0.2) is 0 Å². The average Bonchev–Trinajstić information content (AvgIpc) is 4.06. The van der Waals surface area contributed by atoms with E-state index in [-0.39, 0.29) is 6.04 Å². The molecule has 2 nitrogen and oxygen atoms in total. The molecule has 0 radical (unpaired) electrons. The number of anilines is 1. The molecule has 0 N–H and O–H groups in total. The van der Waals surface area contributed by atoms with Crippen LogP contribution in [-0.4, -0.2) is 10.6 Å². The Hall–Kier alpha value is -7.68. The molecule has 63 heavy (non-hydrogen) atoms. The molecule has 4 aliphatic carbocycles. The number of fused-ring (bicyclic) bond motifs is 15. The third-order valence-corrected chi connectivity index (χ3v) is 14.8. The first kappa shape index (κ1) is 35.0. The Morgan fingerprint density at radius 3 is 1.86 bits per heavy atom. The lowest BCUT2D eigenvalue weighted by Crippen LogP contribution is -2.33. The van der Waals surface area contributed by atoms with Crippen LogP contribution in [0.5, 0.6) is 0 Å². The molecule has 9 aromatic rings. The van der Waals surface area contributed by atoms with Crippen LogP contribution in [0.15, 0.2) is 229 Å². The van der Waals surface area contributed by atoms with Gasteiger partial charge < -0.3 is 9.47 Å². The van der Waals surface area contributed by atoms with Gasteiger partial charge >= 0.3 is 0 Å². The van der Waals surface area contributed by atoms with Crippen LogP contribution < -0.4 is 4.90 Å². The summed E-state index contributed by atoms with van der Waals surface area (Å²) in [5.74, 6) is 0. The highest BCUT2D eigenvalue weighted by atomic mass is 15.2. The second kappa shape index (κ2) is 13.2. The van der Waals surface area contributed by atoms with Crippen LogP contribution in [0.1, 0.15) is 47.1 Å². The molecule has 8 aromatic carbocycles. The van der Waals surface area contributed by atoms with E-state index in [1.165, 1.54) is 117 Å². The van der Waals surface area contributed by atoms with Gasteiger partial charge in [-0.15, -0.1) is 0 Å². The summed E-state index contributed by atoms with van der Waals surface area (Å²) in [4.78, 5) is 2.76. The van der Waals surface area contributed by atoms with Crippen LogP contribution in [0, 0.1) is 0 Å². The summed E-state index contributed by atoms with van der Waals surface area (Å²) < 4.78 is 2.55. The molecule has 1 aromatic heterocycles. The number of hydrogen-bond donors (Lipinski definition) is 0. The fourth-order valence-corrected chi connectivity index (χ4v) is 12.3. The minimum absolute atomic E-state index is 0.221. The predicted octanol–water partition coefficient (Wildman–Crippen LogP) is 15.0. The minimum Gasteiger partial charge on any atom is -0.336 e. The lowest BCUT2D eigenvalue weighted by Gasteiger charge is -2.35. The second-order valence-corrected chi connectivity index (χ2v) is 17.8. The highest BCUT2D eigenvalue weighted by Crippen LogP contribution is 2.66. The summed E-state index contributed by atoms with van der Waals surface area (Å²) in [6.45, 7) is 0. The highest BCUT2D eigenvalue weighted by molar-refractivity contribution is 6.11. The first-order chi connectivity index (χ1) is 31.3. The van der Waals surface area contributed by atoms with Crippen molar-refractivity contribution in [3.05, 3.63) is 257 Å². The van der Waals surface area contributed by atoms with Gasteiger partial charge in [0, 0.05) is 33.3 Å². The van der Waals surface area contributed by atoms with Crippen molar-refractivity contribution in [2.45, 2.75) is 30.7 Å². The summed E-state index contributed by atoms with van der Waals surface area (Å²) in [5, 5.41) is 2.54. The maximum absolute atomic E-state index is 2.76. The number of aromatic nitrogens is 1. The summed E-state index contributed by atoms with van der Waals surface area (Å²) >= 11 is 0. The van der Waals surface area contributed by atoms with Gasteiger partial charge in [0.25, 0.3) is 0 Å². The SMILES string of the molecule is C1=CC2=C(CC1)N(c1cccc3c1-c1ccccc1C31c3ccccc3-c3c(-n4c5ccccc5c5ccc(-c6ccccc6)cc54)cccc31)C1CC(c3ccccc3)=CC=C21. The summed E-state index contributed by atoms with van der Waals surface area (Å²) in [7, 11) is 0. The molecular formula is C61H42N2. The highest BCUT2D eigenvalue weighted by Gasteiger charge is 2.54. The maximum Gasteiger partial charge on any atom is 0.0727 e. The Bertz CT molecular complexity index is 3540. The monoisotopic (exact) mass is 802 g/mol. The molecule has 1 aliphatic heterocycles. The fraction of sp³-hybridized carbons (Fsp3) is 0.0820. The van der Waals surface area contributed by atoms with Gasteiger partial charge in [-0.2, -0.15) is 0 Å². The van der Waals surface area contributed by atoms with E-state index >= 15 is 0 Å². The van der Waals surface area contributed by atoms with Gasteiger partial charge in [0.1, 0.15) is 0 Å². The Morgan fingerprint density at radius 2 is 1.10 bits per heavy atom. The first-order valence-corrected chi connectivity index (χ1v) is 22.5. The van der Waals surface area contributed by atoms with Crippen LogP contribution in [0.2, 0.25) is 0 Å². The molecule has 2 atom stereocenters. The van der Waals surface area contributed by atoms with E-state index in [4.69, 9.17) is 0 Å². The van der Waals surface area contributed by atoms with Crippen molar-refractivity contribution >= 4 is 33.1 Å². The van der Waals surface area contributed by atoms with E-state index in [2.05, 4.69) is 222 Å². The molecule has 14 rings (SSSR count). The normalized spacial score (nSPS) is 18.9. The van der Waals surface area contributed by atoms with Gasteiger partial charge in [0.2, 0.25) is 0 Å². The van der Waals surface area contributed by atoms with Crippen molar-refractivity contribution in [2.24, 2.45) is 0 Å². The van der Waals surface area contributed by atoms with Crippen molar-refractivity contribution in [2.75, 3.05) is 4.90 Å². The lowest BCUT2D eigenvalue weighted by molar-refractivity contribution is 0.746. The predicted molar refractivity (Wildman–Crippen MR) is 261 cm³/mol. The van der Waals surface area contributed by atoms with Crippen molar-refractivity contribution < 1.29 is 0 Å². The number of nitrogens with zero attached hydrogens (tertiary/aromatic N) is 2. The van der Waals surface area contributed by atoms with Crippen LogP contribution in [0.25, 0.3) is 66.4 Å². The van der Waals surface area contributed by atoms with Crippen molar-refractivity contribution in [1.29, 1.82) is 0 Å². The van der Waals surface area contributed by atoms with E-state index < -0.39 is 5.41 Å². The Kier molecular flexibility index (Phi) is 7.31. The van der Waals surface area contributed by atoms with E-state index in [0.717, 1.165) is 19.3 Å². The molecule has 2 heterocycles. The van der Waals surface area contributed by atoms with Crippen LogP contribution in [0.3, 0.4) is 0 Å². The second-order valence-electron chi connectivity index (χ2n) is 17.8. The molecule has 0 saturated carbocycles. The Labute approximate surface area is 367 Å². The largest absolute Gasteiger partial charge is 0.336 e. The summed E-state index contributed by atoms with van der Waals surface area (Å²) in [5.41, 5.74) is 24.7. The van der Waals surface area contributed by atoms with Gasteiger partial charge in [-0.1, -0.05) is 188 Å². The van der Waals surface area contributed by atoms with Crippen LogP contribution in [0.4, 0.5) is 5.69 Å². The standard InChI is InChI=1S/C61H42N2/c1-3-17-39(18-4-1)41-33-35-45-43-21-9-13-29-53(43)62(57(45)37-41)55-31-15-27-51-59(55)47-23-7-11-25-49(47)61(51)50-26-12-8-24-48(50)60-52(61)28-16-32-56(60)63-54-30-14-10-22-44(54)46-36-34-42(38-58(46)63)40-19-5-2-6-20-40/h1-13,15-29,31-37,58H,14,30,38H2. The average molecular weight is 803 g/mol. The number of rotatable bonds is 4. The van der Waals surface area contributed by atoms with Gasteiger partial charge in [-0.25, -0.2) is 0 Å². The molecule has 0 bridgehead atoms. The quantitative estimate of drug-likeness (QED) is 0.172. The molecule has 5 aliphatic rings. The number of benzene rings is 8. The van der Waals surface area contributed by atoms with Crippen molar-refractivity contribution in [1.82, 2.24) is 4.57 Å². The molecule has 2 unspecified atom stereocenters. The van der Waals surface area contributed by atoms with Gasteiger partial charge in [-0.05, 0) is 110 Å². The first-order valence-electron chi connectivity index (χ1n) is 22.5. The number of allylic oxidation sites excluding steroid dienone is 5. The van der Waals surface area contributed by atoms with Crippen molar-refractivity contribution in [3.8, 4) is 39.1 Å². The van der Waals surface area contributed by atoms with Crippen LogP contribution in [-0.2, 0) is 5.41 Å². The van der Waals surface area contributed by atoms with Crippen LogP contribution >= 0.6 is 0 Å². The number of para-hydroxylation sites is 1. The molecule has 296 valence electrons. The van der Waals surface area contributed by atoms with E-state index in [0.29, 0.717) is 0 Å². The molecule has 0 saturated heterocycles. The third-order valence-electron chi connectivity index (χ3n) is 14.8. The van der Waals surface area contributed by atoms with E-state index in [1.807, 2.05) is 0 Å². The Balaban J connectivity index is 1.02. The van der Waals surface area contributed by atoms with Crippen molar-refractivity contribution in [3.63, 3.8) is 0 Å². The molecular weight excluding hydrogens is 761 g/mol. The smallest absolute Gasteiger partial charge is 0.0727 e. The lowest BCUT2D eigenvalue weighted by atomic mass is 9.70. The minimum atomic E-state index is -0.498. The zero-order chi connectivity index (χ0) is 41.2. The Morgan fingerprint density at radius 1 is 0.476 bits per heavy atom. The summed E-state index contributed by atoms with van der Waals surface area (Å²) in [6, 6.07) is 70.9. The van der Waals surface area contributed by atoms with Gasteiger partial charge in [0.05, 0.1) is 28.2 Å². The molecule has 0 fully saturated rings. The van der Waals surface area contributed by atoms with Gasteiger partial charge in [-0.3, -0.25) is 0 Å². The maximum atomic E-state index is 2.76. The molecule has 1 spiro atoms. The molecule has 2 heteroatoms. The molecule has 0 amide bonds. The zero-order valence-corrected chi connectivity index (χ0v) is 34.8. The summed E-state index contributed by atoms with van der Waals surface area (Å²) in [6.07, 6.45) is 12.6. The third kappa shape index (κ3) is 4.68. The number of hydrogen-bond acceptors (Lipinski definition) is 1. The topological polar surface area (TPSA) is 8.17 Å². The zero-order valence-electron chi connectivity index (χ0n) is 34.8.